The van der Waals surface area contributed by atoms with Crippen LogP contribution in [0.1, 0.15) is 25.8 Å². The minimum Gasteiger partial charge on any atom is -0.367 e. The molecule has 0 amide bonds. The Labute approximate surface area is 118 Å². The smallest absolute Gasteiger partial charge is 0.135 e. The average Bonchev–Trinajstić information content (AvgIpc) is 2.26. The van der Waals surface area contributed by atoms with Crippen molar-refractivity contribution in [2.24, 2.45) is 5.41 Å². The van der Waals surface area contributed by atoms with Crippen LogP contribution in [-0.4, -0.2) is 17.0 Å². The van der Waals surface area contributed by atoms with E-state index >= 15 is 0 Å². The van der Waals surface area contributed by atoms with E-state index in [0.717, 1.165) is 23.5 Å². The number of thioether (sulfide) groups is 1. The van der Waals surface area contributed by atoms with E-state index in [4.69, 9.17) is 0 Å². The Morgan fingerprint density at radius 1 is 1.32 bits per heavy atom. The molecule has 1 fully saturated rings. The Balaban J connectivity index is 2.26. The summed E-state index contributed by atoms with van der Waals surface area (Å²) in [5, 5.41) is 12.8. The lowest BCUT2D eigenvalue weighted by Crippen LogP contribution is -2.47. The Bertz CT molecular complexity index is 501. The normalized spacial score (nSPS) is 25.6. The molecule has 1 saturated heterocycles. The average molecular weight is 278 g/mol. The molecule has 1 aromatic rings. The number of halogens is 1. The van der Waals surface area contributed by atoms with Gasteiger partial charge < -0.3 is 5.32 Å². The largest absolute Gasteiger partial charge is 0.367 e. The fourth-order valence-electron chi connectivity index (χ4n) is 2.69. The molecule has 0 bridgehead atoms. The molecule has 0 radical (unpaired) electrons. The highest BCUT2D eigenvalue weighted by Crippen LogP contribution is 2.40. The predicted octanol–water partition coefficient (Wildman–Crippen LogP) is 3.97. The molecule has 1 atom stereocenters. The van der Waals surface area contributed by atoms with E-state index in [9.17, 15) is 9.65 Å². The number of nitrogens with one attached hydrogen (secondary N) is 1. The standard InChI is InChI=1S/C15H19FN2S/c1-11-4-12(16)6-13(5-11)18-15(8-17)7-14(2,3)9-19-10-15/h4-6,18H,7,9-10H2,1-3H3. The van der Waals surface area contributed by atoms with Crippen molar-refractivity contribution in [2.75, 3.05) is 16.8 Å². The van der Waals surface area contributed by atoms with Gasteiger partial charge in [0.25, 0.3) is 0 Å². The highest BCUT2D eigenvalue weighted by molar-refractivity contribution is 7.99. The second-order valence-electron chi connectivity index (χ2n) is 6.17. The van der Waals surface area contributed by atoms with E-state index in [0.29, 0.717) is 5.69 Å². The number of aryl methyl sites for hydroxylation is 1. The van der Waals surface area contributed by atoms with E-state index in [2.05, 4.69) is 25.2 Å². The van der Waals surface area contributed by atoms with Gasteiger partial charge in [0.2, 0.25) is 0 Å². The first-order valence-corrected chi connectivity index (χ1v) is 7.54. The van der Waals surface area contributed by atoms with Crippen molar-refractivity contribution in [3.05, 3.63) is 29.6 Å². The summed E-state index contributed by atoms with van der Waals surface area (Å²) >= 11 is 1.78. The summed E-state index contributed by atoms with van der Waals surface area (Å²) in [5.74, 6) is 1.53. The molecular formula is C15H19FN2S. The van der Waals surface area contributed by atoms with Gasteiger partial charge >= 0.3 is 0 Å². The summed E-state index contributed by atoms with van der Waals surface area (Å²) in [6.07, 6.45) is 0.777. The van der Waals surface area contributed by atoms with Gasteiger partial charge in [0.1, 0.15) is 11.4 Å². The van der Waals surface area contributed by atoms with Crippen LogP contribution in [0.15, 0.2) is 18.2 Å². The molecule has 0 saturated carbocycles. The number of hydrogen-bond donors (Lipinski definition) is 1. The zero-order valence-electron chi connectivity index (χ0n) is 11.6. The van der Waals surface area contributed by atoms with Crippen molar-refractivity contribution in [1.82, 2.24) is 0 Å². The Hall–Kier alpha value is -1.21. The van der Waals surface area contributed by atoms with E-state index in [1.54, 1.807) is 11.8 Å². The number of nitrogens with zero attached hydrogens (tertiary/aromatic N) is 1. The third kappa shape index (κ3) is 3.42. The van der Waals surface area contributed by atoms with Crippen LogP contribution < -0.4 is 5.32 Å². The van der Waals surface area contributed by atoms with Crippen LogP contribution >= 0.6 is 11.8 Å². The molecule has 0 aliphatic carbocycles. The molecule has 1 heterocycles. The van der Waals surface area contributed by atoms with Gasteiger partial charge in [0, 0.05) is 11.4 Å². The van der Waals surface area contributed by atoms with Gasteiger partial charge in [-0.05, 0) is 48.3 Å². The lowest BCUT2D eigenvalue weighted by molar-refractivity contribution is 0.324. The van der Waals surface area contributed by atoms with Crippen LogP contribution in [-0.2, 0) is 0 Å². The van der Waals surface area contributed by atoms with Gasteiger partial charge in [-0.2, -0.15) is 17.0 Å². The van der Waals surface area contributed by atoms with E-state index < -0.39 is 5.54 Å². The van der Waals surface area contributed by atoms with Crippen LogP contribution in [0, 0.1) is 29.5 Å². The first-order chi connectivity index (χ1) is 8.84. The molecule has 1 aliphatic heterocycles. The molecule has 0 spiro atoms. The van der Waals surface area contributed by atoms with Gasteiger partial charge in [-0.1, -0.05) is 13.8 Å². The summed E-state index contributed by atoms with van der Waals surface area (Å²) in [7, 11) is 0. The second kappa shape index (κ2) is 5.05. The van der Waals surface area contributed by atoms with Crippen molar-refractivity contribution in [2.45, 2.75) is 32.7 Å². The maximum Gasteiger partial charge on any atom is 0.135 e. The molecule has 1 N–H and O–H groups in total. The van der Waals surface area contributed by atoms with Crippen molar-refractivity contribution in [3.8, 4) is 6.07 Å². The van der Waals surface area contributed by atoms with Crippen molar-refractivity contribution >= 4 is 17.4 Å². The van der Waals surface area contributed by atoms with Crippen molar-refractivity contribution < 1.29 is 4.39 Å². The van der Waals surface area contributed by atoms with Gasteiger partial charge in [-0.25, -0.2) is 4.39 Å². The summed E-state index contributed by atoms with van der Waals surface area (Å²) in [6.45, 7) is 6.19. The molecule has 1 aliphatic rings. The molecule has 1 unspecified atom stereocenters. The lowest BCUT2D eigenvalue weighted by Gasteiger charge is -2.41. The number of anilines is 1. The second-order valence-corrected chi connectivity index (χ2v) is 7.16. The van der Waals surface area contributed by atoms with Crippen LogP contribution in [0.4, 0.5) is 10.1 Å². The summed E-state index contributed by atoms with van der Waals surface area (Å²) in [5.41, 5.74) is 1.07. The predicted molar refractivity (Wildman–Crippen MR) is 78.8 cm³/mol. The first kappa shape index (κ1) is 14.2. The third-order valence-electron chi connectivity index (χ3n) is 3.26. The lowest BCUT2D eigenvalue weighted by atomic mass is 9.80. The number of hydrogen-bond acceptors (Lipinski definition) is 3. The summed E-state index contributed by atoms with van der Waals surface area (Å²) in [6, 6.07) is 7.24. The zero-order chi connectivity index (χ0) is 14.1. The van der Waals surface area contributed by atoms with Crippen LogP contribution in [0.5, 0.6) is 0 Å². The third-order valence-corrected chi connectivity index (χ3v) is 4.94. The zero-order valence-corrected chi connectivity index (χ0v) is 12.4. The number of nitriles is 1. The molecule has 102 valence electrons. The van der Waals surface area contributed by atoms with Gasteiger partial charge in [-0.3, -0.25) is 0 Å². The maximum atomic E-state index is 13.4. The SMILES string of the molecule is Cc1cc(F)cc(NC2(C#N)CSCC(C)(C)C2)c1. The Kier molecular flexibility index (Phi) is 3.78. The van der Waals surface area contributed by atoms with E-state index in [-0.39, 0.29) is 11.2 Å². The molecule has 2 nitrogen and oxygen atoms in total. The quantitative estimate of drug-likeness (QED) is 0.889. The fourth-order valence-corrected chi connectivity index (χ4v) is 4.03. The minimum atomic E-state index is -0.605. The maximum absolute atomic E-state index is 13.4. The summed E-state index contributed by atoms with van der Waals surface area (Å²) < 4.78 is 13.4. The van der Waals surface area contributed by atoms with Gasteiger partial charge in [-0.15, -0.1) is 0 Å². The molecule has 1 aromatic carbocycles. The monoisotopic (exact) mass is 278 g/mol. The molecule has 4 heteroatoms. The Morgan fingerprint density at radius 3 is 2.63 bits per heavy atom. The molecular weight excluding hydrogens is 259 g/mol. The van der Waals surface area contributed by atoms with Crippen molar-refractivity contribution in [1.29, 1.82) is 5.26 Å². The Morgan fingerprint density at radius 2 is 2.05 bits per heavy atom. The number of rotatable bonds is 2. The first-order valence-electron chi connectivity index (χ1n) is 6.39. The summed E-state index contributed by atoms with van der Waals surface area (Å²) in [4.78, 5) is 0. The molecule has 19 heavy (non-hydrogen) atoms. The van der Waals surface area contributed by atoms with Crippen LogP contribution in [0.25, 0.3) is 0 Å². The van der Waals surface area contributed by atoms with E-state index in [1.165, 1.54) is 12.1 Å². The van der Waals surface area contributed by atoms with Gasteiger partial charge in [0.05, 0.1) is 6.07 Å². The minimum absolute atomic E-state index is 0.119. The van der Waals surface area contributed by atoms with Crippen LogP contribution in [0.3, 0.4) is 0 Å². The van der Waals surface area contributed by atoms with Gasteiger partial charge in [0.15, 0.2) is 0 Å². The highest BCUT2D eigenvalue weighted by Gasteiger charge is 2.41. The van der Waals surface area contributed by atoms with E-state index in [1.807, 2.05) is 13.0 Å². The molecule has 0 aromatic heterocycles. The highest BCUT2D eigenvalue weighted by atomic mass is 32.2. The molecule has 2 rings (SSSR count). The topological polar surface area (TPSA) is 35.8 Å². The number of benzene rings is 1. The van der Waals surface area contributed by atoms with Crippen LogP contribution in [0.2, 0.25) is 0 Å². The van der Waals surface area contributed by atoms with Crippen molar-refractivity contribution in [3.63, 3.8) is 0 Å². The fraction of sp³-hybridized carbons (Fsp3) is 0.533.